The van der Waals surface area contributed by atoms with Crippen LogP contribution in [0.1, 0.15) is 28.4 Å². The Bertz CT molecular complexity index is 328. The van der Waals surface area contributed by atoms with Crippen LogP contribution in [0.4, 0.5) is 0 Å². The van der Waals surface area contributed by atoms with Gasteiger partial charge in [0.15, 0.2) is 0 Å². The summed E-state index contributed by atoms with van der Waals surface area (Å²) in [4.78, 5) is 13.6. The van der Waals surface area contributed by atoms with E-state index in [4.69, 9.17) is 0 Å². The number of hydrogen-bond donors (Lipinski definition) is 2. The minimum absolute atomic E-state index is 0. The summed E-state index contributed by atoms with van der Waals surface area (Å²) in [5.41, 5.74) is 0. The number of carbonyl (C=O) groups is 1. The van der Waals surface area contributed by atoms with E-state index in [0.29, 0.717) is 12.6 Å². The normalized spacial score (nSPS) is 11.7. The molecule has 2 N–H and O–H groups in total. The van der Waals surface area contributed by atoms with E-state index in [0.717, 1.165) is 11.4 Å². The fraction of sp³-hybridized carbons (Fsp3) is 0.545. The zero-order valence-electron chi connectivity index (χ0n) is 9.87. The molecule has 1 aromatic rings. The molecule has 0 bridgehead atoms. The van der Waals surface area contributed by atoms with Gasteiger partial charge in [-0.25, -0.2) is 0 Å². The van der Waals surface area contributed by atoms with Crippen molar-refractivity contribution in [3.05, 3.63) is 21.9 Å². The van der Waals surface area contributed by atoms with Crippen LogP contribution in [-0.2, 0) is 0 Å². The summed E-state index contributed by atoms with van der Waals surface area (Å²) in [5.74, 6) is 0.0258. The maximum Gasteiger partial charge on any atom is 0.261 e. The van der Waals surface area contributed by atoms with Crippen LogP contribution in [0.3, 0.4) is 0 Å². The van der Waals surface area contributed by atoms with Gasteiger partial charge in [-0.05, 0) is 32.5 Å². The molecule has 0 unspecified atom stereocenters. The van der Waals surface area contributed by atoms with Crippen LogP contribution in [0.15, 0.2) is 12.1 Å². The molecule has 1 atom stereocenters. The summed E-state index contributed by atoms with van der Waals surface area (Å²) < 4.78 is 0. The Morgan fingerprint density at radius 3 is 2.69 bits per heavy atom. The molecule has 16 heavy (non-hydrogen) atoms. The average Bonchev–Trinajstić information content (AvgIpc) is 2.62. The number of halogens is 1. The monoisotopic (exact) mass is 262 g/mol. The quantitative estimate of drug-likeness (QED) is 0.854. The molecule has 3 nitrogen and oxygen atoms in total. The zero-order valence-corrected chi connectivity index (χ0v) is 11.5. The molecule has 0 aliphatic heterocycles. The molecule has 0 fully saturated rings. The van der Waals surface area contributed by atoms with Crippen LogP contribution in [0.2, 0.25) is 0 Å². The Morgan fingerprint density at radius 1 is 1.50 bits per heavy atom. The summed E-state index contributed by atoms with van der Waals surface area (Å²) in [7, 11) is 0. The molecule has 1 amide bonds. The Morgan fingerprint density at radius 2 is 2.19 bits per heavy atom. The van der Waals surface area contributed by atoms with Crippen molar-refractivity contribution in [2.24, 2.45) is 0 Å². The Kier molecular flexibility index (Phi) is 7.38. The molecule has 0 saturated heterocycles. The lowest BCUT2D eigenvalue weighted by atomic mass is 10.3. The predicted molar refractivity (Wildman–Crippen MR) is 71.8 cm³/mol. The fourth-order valence-corrected chi connectivity index (χ4v) is 2.09. The molecule has 1 heterocycles. The molecule has 5 heteroatoms. The first-order chi connectivity index (χ1) is 7.13. The van der Waals surface area contributed by atoms with E-state index in [1.54, 1.807) is 0 Å². The minimum Gasteiger partial charge on any atom is -0.350 e. The van der Waals surface area contributed by atoms with Gasteiger partial charge >= 0.3 is 0 Å². The van der Waals surface area contributed by atoms with Crippen molar-refractivity contribution in [1.29, 1.82) is 0 Å². The molecule has 0 saturated carbocycles. The summed E-state index contributed by atoms with van der Waals surface area (Å²) >= 11 is 1.53. The third-order valence-electron chi connectivity index (χ3n) is 2.09. The first-order valence-electron chi connectivity index (χ1n) is 5.21. The topological polar surface area (TPSA) is 41.1 Å². The number of aryl methyl sites for hydroxylation is 1. The maximum atomic E-state index is 11.6. The van der Waals surface area contributed by atoms with Gasteiger partial charge in [0.25, 0.3) is 5.91 Å². The second kappa shape index (κ2) is 7.65. The zero-order chi connectivity index (χ0) is 11.3. The van der Waals surface area contributed by atoms with Crippen LogP contribution in [-0.4, -0.2) is 25.0 Å². The van der Waals surface area contributed by atoms with Crippen molar-refractivity contribution >= 4 is 29.7 Å². The largest absolute Gasteiger partial charge is 0.350 e. The van der Waals surface area contributed by atoms with Crippen LogP contribution in [0.25, 0.3) is 0 Å². The van der Waals surface area contributed by atoms with E-state index in [9.17, 15) is 4.79 Å². The van der Waals surface area contributed by atoms with Crippen LogP contribution < -0.4 is 10.6 Å². The highest BCUT2D eigenvalue weighted by molar-refractivity contribution is 7.13. The van der Waals surface area contributed by atoms with Crippen molar-refractivity contribution in [2.75, 3.05) is 13.1 Å². The number of rotatable bonds is 5. The highest BCUT2D eigenvalue weighted by Gasteiger charge is 2.08. The number of carbonyl (C=O) groups excluding carboxylic acids is 1. The van der Waals surface area contributed by atoms with Crippen molar-refractivity contribution in [3.63, 3.8) is 0 Å². The third-order valence-corrected chi connectivity index (χ3v) is 3.08. The minimum atomic E-state index is 0. The van der Waals surface area contributed by atoms with Gasteiger partial charge < -0.3 is 10.6 Å². The van der Waals surface area contributed by atoms with Gasteiger partial charge in [-0.15, -0.1) is 23.7 Å². The number of amides is 1. The summed E-state index contributed by atoms with van der Waals surface area (Å²) in [6, 6.07) is 4.15. The molecule has 92 valence electrons. The predicted octanol–water partition coefficient (Wildman–Crippen LogP) is 2.21. The third kappa shape index (κ3) is 4.96. The fourth-order valence-electron chi connectivity index (χ4n) is 1.31. The molecule has 0 aliphatic rings. The highest BCUT2D eigenvalue weighted by Crippen LogP contribution is 2.14. The molecular weight excluding hydrogens is 244 g/mol. The molecule has 0 spiro atoms. The van der Waals surface area contributed by atoms with E-state index in [1.807, 2.05) is 19.1 Å². The van der Waals surface area contributed by atoms with Gasteiger partial charge in [-0.2, -0.15) is 0 Å². The average molecular weight is 263 g/mol. The van der Waals surface area contributed by atoms with E-state index in [1.165, 1.54) is 16.2 Å². The molecule has 0 aliphatic carbocycles. The van der Waals surface area contributed by atoms with Gasteiger partial charge in [0, 0.05) is 17.5 Å². The number of thiophene rings is 1. The van der Waals surface area contributed by atoms with Crippen molar-refractivity contribution in [1.82, 2.24) is 10.6 Å². The maximum absolute atomic E-state index is 11.6. The summed E-state index contributed by atoms with van der Waals surface area (Å²) in [6.07, 6.45) is 0. The highest BCUT2D eigenvalue weighted by atomic mass is 35.5. The molecule has 0 aromatic carbocycles. The van der Waals surface area contributed by atoms with Gasteiger partial charge in [0.1, 0.15) is 0 Å². The summed E-state index contributed by atoms with van der Waals surface area (Å²) in [5, 5.41) is 6.15. The Balaban J connectivity index is 0.00000225. The van der Waals surface area contributed by atoms with Crippen LogP contribution >= 0.6 is 23.7 Å². The Hall–Kier alpha value is -0.580. The van der Waals surface area contributed by atoms with E-state index in [2.05, 4.69) is 24.5 Å². The van der Waals surface area contributed by atoms with Crippen molar-refractivity contribution < 1.29 is 4.79 Å². The summed E-state index contributed by atoms with van der Waals surface area (Å²) in [6.45, 7) is 7.71. The van der Waals surface area contributed by atoms with Crippen molar-refractivity contribution in [2.45, 2.75) is 26.8 Å². The SMILES string of the molecule is CCN[C@H](C)CNC(=O)c1ccc(C)s1.Cl. The van der Waals surface area contributed by atoms with Gasteiger partial charge in [-0.1, -0.05) is 6.92 Å². The van der Waals surface area contributed by atoms with E-state index < -0.39 is 0 Å². The molecule has 1 aromatic heterocycles. The molecular formula is C11H19ClN2OS. The van der Waals surface area contributed by atoms with Crippen LogP contribution in [0.5, 0.6) is 0 Å². The smallest absolute Gasteiger partial charge is 0.261 e. The lowest BCUT2D eigenvalue weighted by Crippen LogP contribution is -2.38. The first-order valence-corrected chi connectivity index (χ1v) is 6.03. The first kappa shape index (κ1) is 15.4. The number of hydrogen-bond acceptors (Lipinski definition) is 3. The number of nitrogens with one attached hydrogen (secondary N) is 2. The molecule has 1 rings (SSSR count). The lowest BCUT2D eigenvalue weighted by molar-refractivity contribution is 0.0954. The molecule has 0 radical (unpaired) electrons. The lowest BCUT2D eigenvalue weighted by Gasteiger charge is -2.12. The van der Waals surface area contributed by atoms with Gasteiger partial charge in [0.2, 0.25) is 0 Å². The van der Waals surface area contributed by atoms with Gasteiger partial charge in [-0.3, -0.25) is 4.79 Å². The van der Waals surface area contributed by atoms with Crippen molar-refractivity contribution in [3.8, 4) is 0 Å². The standard InChI is InChI=1S/C11H18N2OS.ClH/c1-4-12-8(2)7-13-11(14)10-6-5-9(3)15-10;/h5-6,8,12H,4,7H2,1-3H3,(H,13,14);1H/t8-;/m1./s1. The Labute approximate surface area is 107 Å². The second-order valence-electron chi connectivity index (χ2n) is 3.58. The van der Waals surface area contributed by atoms with Gasteiger partial charge in [0.05, 0.1) is 4.88 Å². The number of likely N-dealkylation sites (N-methyl/N-ethyl adjacent to an activating group) is 1. The van der Waals surface area contributed by atoms with E-state index in [-0.39, 0.29) is 18.3 Å². The van der Waals surface area contributed by atoms with Crippen LogP contribution in [0, 0.1) is 6.92 Å². The van der Waals surface area contributed by atoms with E-state index >= 15 is 0 Å². The second-order valence-corrected chi connectivity index (χ2v) is 4.87.